The largest absolute Gasteiger partial charge is 0.487 e. The van der Waals surface area contributed by atoms with Crippen LogP contribution in [0.4, 0.5) is 0 Å². The van der Waals surface area contributed by atoms with Gasteiger partial charge in [0.15, 0.2) is 0 Å². The van der Waals surface area contributed by atoms with Gasteiger partial charge < -0.3 is 10.5 Å². The Labute approximate surface area is 72.7 Å². The normalized spacial score (nSPS) is 9.42. The van der Waals surface area contributed by atoms with Gasteiger partial charge in [-0.3, -0.25) is 0 Å². The fourth-order valence-electron chi connectivity index (χ4n) is 0.811. The Bertz CT molecular complexity index is 264. The first-order chi connectivity index (χ1) is 5.68. The van der Waals surface area contributed by atoms with Crippen molar-refractivity contribution in [1.82, 2.24) is 0 Å². The van der Waals surface area contributed by atoms with Gasteiger partial charge in [-0.25, -0.2) is 0 Å². The maximum Gasteiger partial charge on any atom is 0.127 e. The van der Waals surface area contributed by atoms with Crippen LogP contribution in [0, 0.1) is 6.92 Å². The Hall–Kier alpha value is -1.44. The van der Waals surface area contributed by atoms with E-state index < -0.39 is 0 Å². The molecule has 0 fully saturated rings. The predicted octanol–water partition coefficient (Wildman–Crippen LogP) is 1.85. The first kappa shape index (κ1) is 8.65. The Balaban J connectivity index is 2.53. The Kier molecular flexibility index (Phi) is 2.75. The van der Waals surface area contributed by atoms with Crippen molar-refractivity contribution < 1.29 is 4.74 Å². The molecule has 0 saturated carbocycles. The van der Waals surface area contributed by atoms with Crippen molar-refractivity contribution in [1.29, 1.82) is 0 Å². The van der Waals surface area contributed by atoms with Crippen molar-refractivity contribution in [3.63, 3.8) is 0 Å². The van der Waals surface area contributed by atoms with Crippen molar-refractivity contribution in [3.8, 4) is 5.75 Å². The number of benzene rings is 1. The van der Waals surface area contributed by atoms with Gasteiger partial charge in [-0.2, -0.15) is 0 Å². The molecule has 1 rings (SSSR count). The molecule has 0 unspecified atom stereocenters. The zero-order valence-electron chi connectivity index (χ0n) is 7.21. The fourth-order valence-corrected chi connectivity index (χ4v) is 0.811. The highest BCUT2D eigenvalue weighted by Gasteiger charge is 1.92. The van der Waals surface area contributed by atoms with Gasteiger partial charge in [0.25, 0.3) is 0 Å². The molecule has 2 N–H and O–H groups in total. The highest BCUT2D eigenvalue weighted by atomic mass is 16.5. The molecule has 0 radical (unpaired) electrons. The zero-order valence-corrected chi connectivity index (χ0v) is 7.21. The third-order valence-corrected chi connectivity index (χ3v) is 1.45. The monoisotopic (exact) mass is 163 g/mol. The van der Waals surface area contributed by atoms with Gasteiger partial charge in [0.2, 0.25) is 0 Å². The third-order valence-electron chi connectivity index (χ3n) is 1.45. The van der Waals surface area contributed by atoms with Crippen molar-refractivity contribution in [2.24, 2.45) is 5.73 Å². The van der Waals surface area contributed by atoms with Crippen LogP contribution in [0.15, 0.2) is 36.5 Å². The standard InChI is InChI=1S/C10H13NO/c1-8-3-5-10(6-4-8)12-7-9(2)11/h3-6H,2,7,11H2,1H3. The Morgan fingerprint density at radius 3 is 2.50 bits per heavy atom. The van der Waals surface area contributed by atoms with Crippen LogP contribution in [-0.4, -0.2) is 6.61 Å². The van der Waals surface area contributed by atoms with Gasteiger partial charge in [-0.05, 0) is 19.1 Å². The Morgan fingerprint density at radius 1 is 1.42 bits per heavy atom. The highest BCUT2D eigenvalue weighted by Crippen LogP contribution is 2.11. The maximum absolute atomic E-state index is 5.35. The number of hydrogen-bond acceptors (Lipinski definition) is 2. The second kappa shape index (κ2) is 3.81. The van der Waals surface area contributed by atoms with Crippen LogP contribution in [0.3, 0.4) is 0 Å². The van der Waals surface area contributed by atoms with E-state index in [9.17, 15) is 0 Å². The van der Waals surface area contributed by atoms with Crippen molar-refractivity contribution in [3.05, 3.63) is 42.1 Å². The maximum atomic E-state index is 5.35. The number of rotatable bonds is 3. The van der Waals surface area contributed by atoms with Crippen molar-refractivity contribution >= 4 is 0 Å². The smallest absolute Gasteiger partial charge is 0.127 e. The molecule has 1 aromatic rings. The zero-order chi connectivity index (χ0) is 8.97. The molecule has 0 aliphatic heterocycles. The van der Waals surface area contributed by atoms with Crippen LogP contribution in [0.1, 0.15) is 5.56 Å². The van der Waals surface area contributed by atoms with Crippen LogP contribution < -0.4 is 10.5 Å². The van der Waals surface area contributed by atoms with Gasteiger partial charge in [0.05, 0.1) is 0 Å². The molecule has 12 heavy (non-hydrogen) atoms. The lowest BCUT2D eigenvalue weighted by atomic mass is 10.2. The van der Waals surface area contributed by atoms with Crippen LogP contribution in [-0.2, 0) is 0 Å². The molecule has 0 amide bonds. The first-order valence-corrected chi connectivity index (χ1v) is 3.81. The van der Waals surface area contributed by atoms with E-state index in [1.54, 1.807) is 0 Å². The summed E-state index contributed by atoms with van der Waals surface area (Å²) in [4.78, 5) is 0. The van der Waals surface area contributed by atoms with E-state index in [1.807, 2.05) is 31.2 Å². The minimum Gasteiger partial charge on any atom is -0.487 e. The number of ether oxygens (including phenoxy) is 1. The second-order valence-electron chi connectivity index (χ2n) is 2.76. The molecule has 0 aliphatic carbocycles. The number of nitrogens with two attached hydrogens (primary N) is 1. The van der Waals surface area contributed by atoms with E-state index in [0.717, 1.165) is 5.75 Å². The molecule has 0 aliphatic rings. The molecule has 0 atom stereocenters. The minimum absolute atomic E-state index is 0.378. The molecule has 0 aromatic heterocycles. The van der Waals surface area contributed by atoms with Crippen LogP contribution in [0.25, 0.3) is 0 Å². The van der Waals surface area contributed by atoms with Gasteiger partial charge in [0, 0.05) is 5.70 Å². The summed E-state index contributed by atoms with van der Waals surface area (Å²) in [6, 6.07) is 7.82. The molecular formula is C10H13NO. The molecule has 0 bridgehead atoms. The van der Waals surface area contributed by atoms with Gasteiger partial charge in [-0.1, -0.05) is 24.3 Å². The molecule has 0 saturated heterocycles. The summed E-state index contributed by atoms with van der Waals surface area (Å²) >= 11 is 0. The molecule has 2 heteroatoms. The minimum atomic E-state index is 0.378. The lowest BCUT2D eigenvalue weighted by Gasteiger charge is -2.04. The number of aryl methyl sites for hydroxylation is 1. The fraction of sp³-hybridized carbons (Fsp3) is 0.200. The molecular weight excluding hydrogens is 150 g/mol. The summed E-state index contributed by atoms with van der Waals surface area (Å²) in [5.41, 5.74) is 7.10. The lowest BCUT2D eigenvalue weighted by molar-refractivity contribution is 0.351. The van der Waals surface area contributed by atoms with E-state index in [-0.39, 0.29) is 0 Å². The summed E-state index contributed by atoms with van der Waals surface area (Å²) in [6.45, 7) is 5.95. The van der Waals surface area contributed by atoms with E-state index in [1.165, 1.54) is 5.56 Å². The van der Waals surface area contributed by atoms with Gasteiger partial charge in [0.1, 0.15) is 12.4 Å². The van der Waals surface area contributed by atoms with E-state index >= 15 is 0 Å². The van der Waals surface area contributed by atoms with Crippen LogP contribution >= 0.6 is 0 Å². The Morgan fingerprint density at radius 2 is 2.00 bits per heavy atom. The van der Waals surface area contributed by atoms with Crippen molar-refractivity contribution in [2.45, 2.75) is 6.92 Å². The first-order valence-electron chi connectivity index (χ1n) is 3.81. The summed E-state index contributed by atoms with van der Waals surface area (Å²) in [5, 5.41) is 0. The summed E-state index contributed by atoms with van der Waals surface area (Å²) in [5.74, 6) is 0.826. The topological polar surface area (TPSA) is 35.2 Å². The lowest BCUT2D eigenvalue weighted by Crippen LogP contribution is -2.07. The van der Waals surface area contributed by atoms with Gasteiger partial charge in [-0.15, -0.1) is 0 Å². The average Bonchev–Trinajstić information content (AvgIpc) is 2.03. The van der Waals surface area contributed by atoms with Gasteiger partial charge >= 0.3 is 0 Å². The van der Waals surface area contributed by atoms with E-state index in [4.69, 9.17) is 10.5 Å². The molecule has 64 valence electrons. The molecule has 2 nitrogen and oxygen atoms in total. The summed E-state index contributed by atoms with van der Waals surface area (Å²) in [6.07, 6.45) is 0. The average molecular weight is 163 g/mol. The predicted molar refractivity (Wildman–Crippen MR) is 50.0 cm³/mol. The quantitative estimate of drug-likeness (QED) is 0.738. The van der Waals surface area contributed by atoms with Crippen molar-refractivity contribution in [2.75, 3.05) is 6.61 Å². The SMILES string of the molecule is C=C(N)COc1ccc(C)cc1. The second-order valence-corrected chi connectivity index (χ2v) is 2.76. The highest BCUT2D eigenvalue weighted by molar-refractivity contribution is 5.26. The van der Waals surface area contributed by atoms with E-state index in [0.29, 0.717) is 12.3 Å². The molecule has 0 heterocycles. The van der Waals surface area contributed by atoms with Crippen LogP contribution in [0.5, 0.6) is 5.75 Å². The summed E-state index contributed by atoms with van der Waals surface area (Å²) < 4.78 is 5.30. The third kappa shape index (κ3) is 2.66. The summed E-state index contributed by atoms with van der Waals surface area (Å²) in [7, 11) is 0. The van der Waals surface area contributed by atoms with Crippen LogP contribution in [0.2, 0.25) is 0 Å². The molecule has 1 aromatic carbocycles. The van der Waals surface area contributed by atoms with E-state index in [2.05, 4.69) is 6.58 Å². The molecule has 0 spiro atoms. The number of hydrogen-bond donors (Lipinski definition) is 1.